The van der Waals surface area contributed by atoms with Gasteiger partial charge in [0, 0.05) is 60.1 Å². The van der Waals surface area contributed by atoms with Gasteiger partial charge < -0.3 is 63.8 Å². The Morgan fingerprint density at radius 3 is 0.615 bits per heavy atom. The van der Waals surface area contributed by atoms with Crippen LogP contribution >= 0.6 is 0 Å². The third kappa shape index (κ3) is 38.2. The third-order valence-electron chi connectivity index (χ3n) is 7.22. The molecule has 6 N–H and O–H groups in total. The first-order valence-electron chi connectivity index (χ1n) is 18.2. The van der Waals surface area contributed by atoms with E-state index in [2.05, 4.69) is 59.2 Å². The van der Waals surface area contributed by atoms with Crippen LogP contribution in [0.2, 0.25) is 0 Å². The van der Waals surface area contributed by atoms with E-state index in [1.54, 1.807) is 0 Å². The lowest BCUT2D eigenvalue weighted by atomic mass is 9.88. The van der Waals surface area contributed by atoms with Crippen molar-refractivity contribution < 1.29 is 107 Å². The summed E-state index contributed by atoms with van der Waals surface area (Å²) in [5.74, 6) is -7.96. The number of rotatable bonds is 29. The number of carboxylic acid groups (broad SMARTS) is 3. The van der Waals surface area contributed by atoms with Crippen LogP contribution in [0.4, 0.5) is 0 Å². The first-order valence-corrected chi connectivity index (χ1v) is 18.2. The number of ether oxygens (including phenoxy) is 7. The molecule has 0 spiro atoms. The van der Waals surface area contributed by atoms with E-state index >= 15 is 0 Å². The van der Waals surface area contributed by atoms with E-state index in [0.29, 0.717) is 6.42 Å². The van der Waals surface area contributed by atoms with E-state index in [0.717, 1.165) is 54.7 Å². The predicted molar refractivity (Wildman–Crippen MR) is 230 cm³/mol. The summed E-state index contributed by atoms with van der Waals surface area (Å²) in [6, 6.07) is 0. The zero-order valence-corrected chi connectivity index (χ0v) is 36.3. The number of carbonyl (C=O) groups excluding carboxylic acids is 6. The number of aliphatic carboxylic acids is 3. The molecule has 0 fully saturated rings. The zero-order chi connectivity index (χ0) is 51.5. The fourth-order valence-corrected chi connectivity index (χ4v) is 3.17. The number of hydrogen-bond donors (Lipinski definition) is 6. The molecule has 0 atom stereocenters. The molecular formula is C43H60O22. The summed E-state index contributed by atoms with van der Waals surface area (Å²) in [5, 5.41) is 48.8. The molecule has 0 aliphatic rings. The van der Waals surface area contributed by atoms with Gasteiger partial charge in [-0.1, -0.05) is 66.1 Å². The van der Waals surface area contributed by atoms with Crippen LogP contribution in [0.5, 0.6) is 0 Å². The summed E-state index contributed by atoms with van der Waals surface area (Å²) in [7, 11) is 0. The summed E-state index contributed by atoms with van der Waals surface area (Å²) < 4.78 is 36.7. The molecule has 0 rings (SSSR count). The molecule has 0 amide bonds. The van der Waals surface area contributed by atoms with Gasteiger partial charge in [0.1, 0.15) is 39.6 Å². The Kier molecular flexibility index (Phi) is 41.9. The second-order valence-corrected chi connectivity index (χ2v) is 12.3. The van der Waals surface area contributed by atoms with Crippen LogP contribution in [-0.4, -0.2) is 157 Å². The minimum absolute atomic E-state index is 0.156. The van der Waals surface area contributed by atoms with Gasteiger partial charge in [-0.2, -0.15) is 0 Å². The van der Waals surface area contributed by atoms with E-state index < -0.39 is 123 Å². The molecule has 0 radical (unpaired) electrons. The number of hydrogen-bond acceptors (Lipinski definition) is 19. The largest absolute Gasteiger partial charge is 0.478 e. The molecule has 0 unspecified atom stereocenters. The molecule has 0 saturated heterocycles. The van der Waals surface area contributed by atoms with Crippen molar-refractivity contribution in [1.29, 1.82) is 0 Å². The minimum atomic E-state index is -1.49. The van der Waals surface area contributed by atoms with Crippen molar-refractivity contribution in [3.05, 3.63) is 114 Å². The Morgan fingerprint density at radius 2 is 0.523 bits per heavy atom. The smallest absolute Gasteiger partial charge is 0.330 e. The SMILES string of the molecule is C=CC(=O)O.C=CC(=O)O.C=CC(=O)O.C=CC(=O)OCC(COCC(COC(=O)C=C)(COC(=O)C=C)COC(=O)C=C)(COC(=O)C=C)COC(=O)C=C.CCC(CO)(CO)CO. The molecular weight excluding hydrogens is 868 g/mol. The van der Waals surface area contributed by atoms with Gasteiger partial charge in [0.2, 0.25) is 0 Å². The maximum absolute atomic E-state index is 11.8. The minimum Gasteiger partial charge on any atom is -0.478 e. The van der Waals surface area contributed by atoms with Crippen LogP contribution in [0.1, 0.15) is 13.3 Å². The maximum atomic E-state index is 11.8. The van der Waals surface area contributed by atoms with Crippen LogP contribution in [0.3, 0.4) is 0 Å². The van der Waals surface area contributed by atoms with Gasteiger partial charge in [0.05, 0.1) is 43.9 Å². The van der Waals surface area contributed by atoms with Crippen molar-refractivity contribution in [3.8, 4) is 0 Å². The maximum Gasteiger partial charge on any atom is 0.330 e. The second-order valence-electron chi connectivity index (χ2n) is 12.3. The van der Waals surface area contributed by atoms with Crippen molar-refractivity contribution in [2.45, 2.75) is 13.3 Å². The normalized spacial score (nSPS) is 9.78. The number of carbonyl (C=O) groups is 9. The van der Waals surface area contributed by atoms with Crippen LogP contribution in [0.25, 0.3) is 0 Å². The molecule has 0 aromatic heterocycles. The Balaban J connectivity index is -0.000000402. The van der Waals surface area contributed by atoms with Crippen LogP contribution in [-0.2, 0) is 76.3 Å². The average molecular weight is 929 g/mol. The van der Waals surface area contributed by atoms with Crippen molar-refractivity contribution >= 4 is 53.7 Å². The van der Waals surface area contributed by atoms with Crippen LogP contribution in [0, 0.1) is 16.2 Å². The number of carboxylic acids is 3. The van der Waals surface area contributed by atoms with Gasteiger partial charge in [-0.05, 0) is 6.42 Å². The molecule has 65 heavy (non-hydrogen) atoms. The van der Waals surface area contributed by atoms with Gasteiger partial charge in [0.15, 0.2) is 0 Å². The Morgan fingerprint density at radius 1 is 0.354 bits per heavy atom. The number of esters is 6. The predicted octanol–water partition coefficient (Wildman–Crippen LogP) is 1.48. The van der Waals surface area contributed by atoms with Crippen molar-refractivity contribution in [3.63, 3.8) is 0 Å². The average Bonchev–Trinajstić information content (AvgIpc) is 3.32. The fourth-order valence-electron chi connectivity index (χ4n) is 3.17. The van der Waals surface area contributed by atoms with Gasteiger partial charge >= 0.3 is 53.7 Å². The van der Waals surface area contributed by atoms with Gasteiger partial charge in [-0.15, -0.1) is 0 Å². The molecule has 22 nitrogen and oxygen atoms in total. The molecule has 0 aromatic rings. The number of aliphatic hydroxyl groups excluding tert-OH is 3. The first-order chi connectivity index (χ1) is 30.5. The Bertz CT molecular complexity index is 1360. The molecule has 0 aliphatic carbocycles. The topological polar surface area (TPSA) is 340 Å². The lowest BCUT2D eigenvalue weighted by molar-refractivity contribution is -0.169. The van der Waals surface area contributed by atoms with Crippen LogP contribution < -0.4 is 0 Å². The lowest BCUT2D eigenvalue weighted by Gasteiger charge is -2.35. The van der Waals surface area contributed by atoms with Crippen molar-refractivity contribution in [1.82, 2.24) is 0 Å². The lowest BCUT2D eigenvalue weighted by Crippen LogP contribution is -2.47. The quantitative estimate of drug-likeness (QED) is 0.0351. The summed E-state index contributed by atoms with van der Waals surface area (Å²) in [6.45, 7) is 26.3. The molecule has 0 heterocycles. The summed E-state index contributed by atoms with van der Waals surface area (Å²) in [4.78, 5) is 98.6. The van der Waals surface area contributed by atoms with Crippen molar-refractivity contribution in [2.24, 2.45) is 16.2 Å². The highest BCUT2D eigenvalue weighted by atomic mass is 16.6. The van der Waals surface area contributed by atoms with Crippen molar-refractivity contribution in [2.75, 3.05) is 72.7 Å². The van der Waals surface area contributed by atoms with E-state index in [9.17, 15) is 43.2 Å². The molecule has 0 saturated carbocycles. The highest BCUT2D eigenvalue weighted by molar-refractivity contribution is 5.83. The van der Waals surface area contributed by atoms with E-state index in [-0.39, 0.29) is 19.8 Å². The van der Waals surface area contributed by atoms with Crippen LogP contribution in [0.15, 0.2) is 114 Å². The molecule has 0 aromatic carbocycles. The molecule has 0 aliphatic heterocycles. The van der Waals surface area contributed by atoms with Gasteiger partial charge in [-0.3, -0.25) is 0 Å². The van der Waals surface area contributed by atoms with E-state index in [4.69, 9.17) is 63.8 Å². The molecule has 0 bridgehead atoms. The van der Waals surface area contributed by atoms with E-state index in [1.807, 2.05) is 6.92 Å². The highest BCUT2D eigenvalue weighted by Crippen LogP contribution is 2.26. The third-order valence-corrected chi connectivity index (χ3v) is 7.22. The second kappa shape index (κ2) is 40.8. The number of aliphatic hydroxyl groups is 3. The standard InChI is InChI=1S/C28H34O13.C6H14O3.3C3H4O2/c1-7-21(29)36-15-27(16-37-22(30)8-2,17-38-23(31)9-3)13-35-14-28(18-39-24(32)10-4,19-40-25(33)11-5)20-41-26(34)12-6;1-2-6(3-7,4-8)5-9;3*1-2-3(4)5/h7-12H,1-6,13-20H2;7-9H,2-5H2,1H3;3*2H,1H2,(H,4,5). The Labute approximate surface area is 376 Å². The summed E-state index contributed by atoms with van der Waals surface area (Å²) in [5.41, 5.74) is -3.65. The van der Waals surface area contributed by atoms with Gasteiger partial charge in [-0.25, -0.2) is 43.2 Å². The zero-order valence-electron chi connectivity index (χ0n) is 36.3. The van der Waals surface area contributed by atoms with Gasteiger partial charge in [0.25, 0.3) is 0 Å². The summed E-state index contributed by atoms with van der Waals surface area (Å²) >= 11 is 0. The Hall–Kier alpha value is -7.27. The molecule has 364 valence electrons. The highest BCUT2D eigenvalue weighted by Gasteiger charge is 2.40. The molecule has 22 heteroatoms. The van der Waals surface area contributed by atoms with E-state index in [1.165, 1.54) is 0 Å². The monoisotopic (exact) mass is 928 g/mol. The summed E-state index contributed by atoms with van der Waals surface area (Å²) in [6.07, 6.45) is 8.42. The fraction of sp³-hybridized carbons (Fsp3) is 0.372. The first kappa shape index (κ1) is 66.8.